The number of carbonyl (C=O) groups excluding carboxylic acids is 1. The Morgan fingerprint density at radius 1 is 1.40 bits per heavy atom. The second-order valence-corrected chi connectivity index (χ2v) is 5.96. The molecule has 1 saturated heterocycles. The highest BCUT2D eigenvalue weighted by Crippen LogP contribution is 2.45. The third-order valence-electron chi connectivity index (χ3n) is 2.97. The Kier molecular flexibility index (Phi) is 4.72. The number of hydrogen-bond donors (Lipinski definition) is 2. The highest BCUT2D eigenvalue weighted by molar-refractivity contribution is 7.19. The van der Waals surface area contributed by atoms with Crippen LogP contribution in [-0.2, 0) is 4.74 Å². The summed E-state index contributed by atoms with van der Waals surface area (Å²) in [5.74, 6) is 0.0547. The molecule has 0 unspecified atom stereocenters. The summed E-state index contributed by atoms with van der Waals surface area (Å²) in [4.78, 5) is 14.0. The summed E-state index contributed by atoms with van der Waals surface area (Å²) in [5, 5.41) is 0.871. The second-order valence-electron chi connectivity index (χ2n) is 4.96. The zero-order chi connectivity index (χ0) is 14.7. The van der Waals surface area contributed by atoms with Gasteiger partial charge in [0, 0.05) is 19.7 Å². The van der Waals surface area contributed by atoms with Crippen LogP contribution in [0.2, 0.25) is 0 Å². The second kappa shape index (κ2) is 6.32. The fourth-order valence-corrected chi connectivity index (χ4v) is 3.17. The van der Waals surface area contributed by atoms with Crippen molar-refractivity contribution in [1.29, 1.82) is 0 Å². The van der Waals surface area contributed by atoms with Crippen LogP contribution < -0.4 is 21.1 Å². The van der Waals surface area contributed by atoms with Crippen molar-refractivity contribution in [2.75, 3.05) is 36.9 Å². The molecule has 7 heteroatoms. The summed E-state index contributed by atoms with van der Waals surface area (Å²) in [6.07, 6.45) is 0.916. The Balaban J connectivity index is 2.38. The number of rotatable bonds is 4. The highest BCUT2D eigenvalue weighted by atomic mass is 32.1. The summed E-state index contributed by atoms with van der Waals surface area (Å²) in [5.41, 5.74) is 11.8. The number of carbonyl (C=O) groups is 1. The van der Waals surface area contributed by atoms with Gasteiger partial charge in [0.25, 0.3) is 5.91 Å². The van der Waals surface area contributed by atoms with Gasteiger partial charge >= 0.3 is 0 Å². The predicted molar refractivity (Wildman–Crippen MR) is 80.7 cm³/mol. The van der Waals surface area contributed by atoms with E-state index in [-0.39, 0.29) is 6.10 Å². The first kappa shape index (κ1) is 14.9. The maximum absolute atomic E-state index is 11.5. The van der Waals surface area contributed by atoms with Crippen LogP contribution in [0.1, 0.15) is 29.9 Å². The van der Waals surface area contributed by atoms with Crippen molar-refractivity contribution < 1.29 is 14.3 Å². The molecular weight excluding hydrogens is 278 g/mol. The molecular formula is C13H21N3O3S. The maximum atomic E-state index is 11.5. The van der Waals surface area contributed by atoms with Crippen molar-refractivity contribution >= 4 is 27.9 Å². The van der Waals surface area contributed by atoms with E-state index < -0.39 is 5.91 Å². The number of thiophene rings is 1. The van der Waals surface area contributed by atoms with Crippen LogP contribution in [0.4, 0.5) is 10.7 Å². The largest absolute Gasteiger partial charge is 0.486 e. The third kappa shape index (κ3) is 3.16. The molecule has 1 aromatic rings. The fourth-order valence-electron chi connectivity index (χ4n) is 2.11. The van der Waals surface area contributed by atoms with Crippen LogP contribution in [0.15, 0.2) is 0 Å². The topological polar surface area (TPSA) is 90.8 Å². The van der Waals surface area contributed by atoms with Gasteiger partial charge in [-0.25, -0.2) is 0 Å². The normalized spacial score (nSPS) is 16.2. The average molecular weight is 299 g/mol. The first-order valence-electron chi connectivity index (χ1n) is 6.72. The van der Waals surface area contributed by atoms with E-state index in [0.29, 0.717) is 22.9 Å². The quantitative estimate of drug-likeness (QED) is 0.878. The minimum absolute atomic E-state index is 0.0189. The molecule has 6 nitrogen and oxygen atoms in total. The van der Waals surface area contributed by atoms with Crippen molar-refractivity contribution in [3.05, 3.63) is 4.88 Å². The van der Waals surface area contributed by atoms with Crippen molar-refractivity contribution in [2.45, 2.75) is 26.4 Å². The summed E-state index contributed by atoms with van der Waals surface area (Å²) >= 11 is 1.30. The molecule has 112 valence electrons. The van der Waals surface area contributed by atoms with Crippen molar-refractivity contribution in [2.24, 2.45) is 5.73 Å². The Morgan fingerprint density at radius 2 is 2.15 bits per heavy atom. The summed E-state index contributed by atoms with van der Waals surface area (Å²) < 4.78 is 11.2. The number of primary amides is 1. The molecule has 0 saturated carbocycles. The lowest BCUT2D eigenvalue weighted by molar-refractivity contribution is 0.100. The van der Waals surface area contributed by atoms with E-state index in [1.165, 1.54) is 11.3 Å². The summed E-state index contributed by atoms with van der Waals surface area (Å²) in [7, 11) is 0. The van der Waals surface area contributed by atoms with Crippen molar-refractivity contribution in [1.82, 2.24) is 0 Å². The molecule has 0 atom stereocenters. The van der Waals surface area contributed by atoms with Crippen LogP contribution in [0.25, 0.3) is 0 Å². The number of ether oxygens (including phenoxy) is 2. The predicted octanol–water partition coefficient (Wildman–Crippen LogP) is 1.44. The SMILES string of the molecule is CC(C)Oc1c(N2CCCOCC2)sc(C(N)=O)c1N. The number of nitrogens with zero attached hydrogens (tertiary/aromatic N) is 1. The van der Waals surface area contributed by atoms with Gasteiger partial charge in [0.2, 0.25) is 0 Å². The first-order valence-corrected chi connectivity index (χ1v) is 7.53. The molecule has 2 rings (SSSR count). The van der Waals surface area contributed by atoms with Gasteiger partial charge in [0.05, 0.1) is 12.7 Å². The van der Waals surface area contributed by atoms with Gasteiger partial charge in [-0.2, -0.15) is 0 Å². The van der Waals surface area contributed by atoms with Gasteiger partial charge in [-0.05, 0) is 20.3 Å². The Hall–Kier alpha value is -1.47. The lowest BCUT2D eigenvalue weighted by atomic mass is 10.3. The molecule has 1 fully saturated rings. The molecule has 2 heterocycles. The minimum Gasteiger partial charge on any atom is -0.486 e. The zero-order valence-electron chi connectivity index (χ0n) is 11.8. The fraction of sp³-hybridized carbons (Fsp3) is 0.615. The van der Waals surface area contributed by atoms with Gasteiger partial charge in [0.1, 0.15) is 15.6 Å². The molecule has 0 radical (unpaired) electrons. The number of nitrogens with two attached hydrogens (primary N) is 2. The molecule has 0 aromatic carbocycles. The number of nitrogen functional groups attached to an aromatic ring is 1. The van der Waals surface area contributed by atoms with Crippen LogP contribution in [0, 0.1) is 0 Å². The van der Waals surface area contributed by atoms with Gasteiger partial charge in [-0.3, -0.25) is 4.79 Å². The van der Waals surface area contributed by atoms with Gasteiger partial charge in [0.15, 0.2) is 5.75 Å². The van der Waals surface area contributed by atoms with E-state index in [0.717, 1.165) is 31.1 Å². The van der Waals surface area contributed by atoms with Crippen LogP contribution in [0.5, 0.6) is 5.75 Å². The Labute approximate surface area is 122 Å². The Morgan fingerprint density at radius 3 is 2.80 bits per heavy atom. The average Bonchev–Trinajstić information content (AvgIpc) is 2.57. The molecule has 0 bridgehead atoms. The molecule has 20 heavy (non-hydrogen) atoms. The van der Waals surface area contributed by atoms with Gasteiger partial charge in [-0.1, -0.05) is 0 Å². The molecule has 1 aromatic heterocycles. The maximum Gasteiger partial charge on any atom is 0.261 e. The van der Waals surface area contributed by atoms with Crippen molar-refractivity contribution in [3.63, 3.8) is 0 Å². The summed E-state index contributed by atoms with van der Waals surface area (Å²) in [6, 6.07) is 0. The molecule has 1 aliphatic heterocycles. The molecule has 0 spiro atoms. The standard InChI is InChI=1S/C13H21N3O3S/c1-8(2)19-10-9(14)11(12(15)17)20-13(10)16-4-3-6-18-7-5-16/h8H,3-7,14H2,1-2H3,(H2,15,17). The lowest BCUT2D eigenvalue weighted by Crippen LogP contribution is -2.25. The summed E-state index contributed by atoms with van der Waals surface area (Å²) in [6.45, 7) is 6.87. The van der Waals surface area contributed by atoms with E-state index >= 15 is 0 Å². The lowest BCUT2D eigenvalue weighted by Gasteiger charge is -2.22. The van der Waals surface area contributed by atoms with Gasteiger partial charge < -0.3 is 25.8 Å². The molecule has 0 aliphatic carbocycles. The number of amides is 1. The van der Waals surface area contributed by atoms with E-state index in [1.54, 1.807) is 0 Å². The zero-order valence-corrected chi connectivity index (χ0v) is 12.7. The van der Waals surface area contributed by atoms with Crippen LogP contribution in [0.3, 0.4) is 0 Å². The molecule has 1 aliphatic rings. The first-order chi connectivity index (χ1) is 9.50. The third-order valence-corrected chi connectivity index (χ3v) is 4.23. The van der Waals surface area contributed by atoms with Crippen LogP contribution in [-0.4, -0.2) is 38.3 Å². The molecule has 1 amide bonds. The number of anilines is 2. The van der Waals surface area contributed by atoms with Crippen LogP contribution >= 0.6 is 11.3 Å². The van der Waals surface area contributed by atoms with Gasteiger partial charge in [-0.15, -0.1) is 11.3 Å². The van der Waals surface area contributed by atoms with Crippen molar-refractivity contribution in [3.8, 4) is 5.75 Å². The smallest absolute Gasteiger partial charge is 0.261 e. The van der Waals surface area contributed by atoms with E-state index in [9.17, 15) is 4.79 Å². The van der Waals surface area contributed by atoms with E-state index in [4.69, 9.17) is 20.9 Å². The minimum atomic E-state index is -0.515. The highest BCUT2D eigenvalue weighted by Gasteiger charge is 2.25. The number of hydrogen-bond acceptors (Lipinski definition) is 6. The van der Waals surface area contributed by atoms with E-state index in [2.05, 4.69) is 4.90 Å². The molecule has 4 N–H and O–H groups in total. The Bertz CT molecular complexity index is 479. The van der Waals surface area contributed by atoms with E-state index in [1.807, 2.05) is 13.8 Å². The monoisotopic (exact) mass is 299 g/mol.